The second-order valence-electron chi connectivity index (χ2n) is 5.09. The first-order chi connectivity index (χ1) is 11.0. The highest BCUT2D eigenvalue weighted by molar-refractivity contribution is 6.31. The number of carbonyl (C=O) groups is 1. The van der Waals surface area contributed by atoms with Gasteiger partial charge in [-0.15, -0.1) is 0 Å². The van der Waals surface area contributed by atoms with E-state index in [1.54, 1.807) is 18.3 Å². The van der Waals surface area contributed by atoms with Crippen molar-refractivity contribution in [3.8, 4) is 5.75 Å². The van der Waals surface area contributed by atoms with Gasteiger partial charge in [-0.1, -0.05) is 35.9 Å². The van der Waals surface area contributed by atoms with Gasteiger partial charge in [0, 0.05) is 17.3 Å². The van der Waals surface area contributed by atoms with Crippen LogP contribution in [0.2, 0.25) is 5.02 Å². The van der Waals surface area contributed by atoms with E-state index >= 15 is 0 Å². The molecule has 2 N–H and O–H groups in total. The van der Waals surface area contributed by atoms with Crippen molar-refractivity contribution in [2.24, 2.45) is 0 Å². The Balaban J connectivity index is 2.03. The Hall–Kier alpha value is -2.46. The zero-order valence-electron chi connectivity index (χ0n) is 13.3. The average molecular weight is 331 g/mol. The number of benzene rings is 2. The lowest BCUT2D eigenvalue weighted by molar-refractivity contribution is 0.255. The number of anilines is 1. The summed E-state index contributed by atoms with van der Waals surface area (Å²) in [6.45, 7) is 3.88. The van der Waals surface area contributed by atoms with E-state index in [0.29, 0.717) is 16.5 Å². The van der Waals surface area contributed by atoms with E-state index in [2.05, 4.69) is 10.6 Å². The topological polar surface area (TPSA) is 50.4 Å². The lowest BCUT2D eigenvalue weighted by Gasteiger charge is -2.12. The number of methoxy groups -OCH3 is 1. The Bertz CT molecular complexity index is 742. The van der Waals surface area contributed by atoms with Crippen molar-refractivity contribution >= 4 is 29.4 Å². The summed E-state index contributed by atoms with van der Waals surface area (Å²) in [7, 11) is 1.53. The SMILES string of the molecule is COc1cc(Cl)c(C)cc1NC(=O)N/C=C/c1ccccc1C. The van der Waals surface area contributed by atoms with Crippen molar-refractivity contribution in [3.63, 3.8) is 0 Å². The Kier molecular flexibility index (Phi) is 5.66. The molecule has 0 heterocycles. The van der Waals surface area contributed by atoms with Crippen LogP contribution >= 0.6 is 11.6 Å². The van der Waals surface area contributed by atoms with Crippen molar-refractivity contribution in [1.29, 1.82) is 0 Å². The van der Waals surface area contributed by atoms with Crippen LogP contribution in [-0.2, 0) is 0 Å². The number of urea groups is 1. The molecule has 23 heavy (non-hydrogen) atoms. The van der Waals surface area contributed by atoms with Gasteiger partial charge >= 0.3 is 6.03 Å². The highest BCUT2D eigenvalue weighted by Gasteiger charge is 2.09. The Labute approximate surface area is 141 Å². The van der Waals surface area contributed by atoms with Crippen LogP contribution in [0, 0.1) is 13.8 Å². The molecule has 2 aromatic carbocycles. The molecule has 2 rings (SSSR count). The lowest BCUT2D eigenvalue weighted by atomic mass is 10.1. The molecule has 0 saturated carbocycles. The third-order valence-electron chi connectivity index (χ3n) is 3.39. The number of hydrogen-bond acceptors (Lipinski definition) is 2. The Morgan fingerprint density at radius 2 is 1.91 bits per heavy atom. The van der Waals surface area contributed by atoms with E-state index < -0.39 is 0 Å². The fourth-order valence-corrected chi connectivity index (χ4v) is 2.22. The molecule has 2 amide bonds. The van der Waals surface area contributed by atoms with Crippen LogP contribution in [0.4, 0.5) is 10.5 Å². The van der Waals surface area contributed by atoms with Gasteiger partial charge in [-0.05, 0) is 42.7 Å². The summed E-state index contributed by atoms with van der Waals surface area (Å²) in [5.74, 6) is 0.513. The molecule has 5 heteroatoms. The third kappa shape index (κ3) is 4.50. The zero-order valence-corrected chi connectivity index (χ0v) is 14.1. The molecule has 0 bridgehead atoms. The molecule has 0 saturated heterocycles. The van der Waals surface area contributed by atoms with Gasteiger partial charge < -0.3 is 15.4 Å². The molecular formula is C18H19ClN2O2. The van der Waals surface area contributed by atoms with Crippen molar-refractivity contribution in [1.82, 2.24) is 5.32 Å². The first-order valence-corrected chi connectivity index (χ1v) is 7.53. The standard InChI is InChI=1S/C18H19ClN2O2/c1-12-6-4-5-7-14(12)8-9-20-18(22)21-16-10-13(2)15(19)11-17(16)23-3/h4-11H,1-3H3,(H2,20,21,22)/b9-8+. The summed E-state index contributed by atoms with van der Waals surface area (Å²) in [6.07, 6.45) is 3.45. The first kappa shape index (κ1) is 16.9. The Morgan fingerprint density at radius 1 is 1.17 bits per heavy atom. The summed E-state index contributed by atoms with van der Waals surface area (Å²) in [6, 6.07) is 11.0. The second kappa shape index (κ2) is 7.70. The van der Waals surface area contributed by atoms with E-state index in [1.807, 2.05) is 44.2 Å². The van der Waals surface area contributed by atoms with Crippen LogP contribution in [0.25, 0.3) is 6.08 Å². The summed E-state index contributed by atoms with van der Waals surface area (Å²) in [5.41, 5.74) is 3.61. The van der Waals surface area contributed by atoms with Gasteiger partial charge in [-0.2, -0.15) is 0 Å². The maximum atomic E-state index is 12.0. The van der Waals surface area contributed by atoms with Crippen LogP contribution in [0.1, 0.15) is 16.7 Å². The van der Waals surface area contributed by atoms with E-state index in [9.17, 15) is 4.79 Å². The highest BCUT2D eigenvalue weighted by Crippen LogP contribution is 2.30. The molecule has 0 aliphatic heterocycles. The fourth-order valence-electron chi connectivity index (χ4n) is 2.07. The number of amides is 2. The van der Waals surface area contributed by atoms with Gasteiger partial charge in [-0.25, -0.2) is 4.79 Å². The molecule has 0 aromatic heterocycles. The molecule has 0 unspecified atom stereocenters. The first-order valence-electron chi connectivity index (χ1n) is 7.15. The average Bonchev–Trinajstić information content (AvgIpc) is 2.52. The van der Waals surface area contributed by atoms with Crippen LogP contribution in [0.3, 0.4) is 0 Å². The van der Waals surface area contributed by atoms with Crippen molar-refractivity contribution < 1.29 is 9.53 Å². The molecule has 0 atom stereocenters. The number of carbonyl (C=O) groups excluding carboxylic acids is 1. The number of nitrogens with one attached hydrogen (secondary N) is 2. The number of rotatable bonds is 4. The molecule has 120 valence electrons. The molecular weight excluding hydrogens is 312 g/mol. The minimum absolute atomic E-state index is 0.352. The van der Waals surface area contributed by atoms with Crippen LogP contribution in [0.15, 0.2) is 42.6 Å². The van der Waals surface area contributed by atoms with E-state index in [-0.39, 0.29) is 6.03 Å². The van der Waals surface area contributed by atoms with Crippen LogP contribution < -0.4 is 15.4 Å². The molecule has 0 spiro atoms. The third-order valence-corrected chi connectivity index (χ3v) is 3.80. The predicted octanol–water partition coefficient (Wildman–Crippen LogP) is 4.76. The molecule has 0 aliphatic rings. The monoisotopic (exact) mass is 330 g/mol. The van der Waals surface area contributed by atoms with Crippen molar-refractivity contribution in [2.75, 3.05) is 12.4 Å². The molecule has 0 aliphatic carbocycles. The summed E-state index contributed by atoms with van der Waals surface area (Å²) in [4.78, 5) is 12.0. The quantitative estimate of drug-likeness (QED) is 0.849. The fraction of sp³-hybridized carbons (Fsp3) is 0.167. The van der Waals surface area contributed by atoms with E-state index in [4.69, 9.17) is 16.3 Å². The number of ether oxygens (including phenoxy) is 1. The van der Waals surface area contributed by atoms with Crippen LogP contribution in [-0.4, -0.2) is 13.1 Å². The molecule has 2 aromatic rings. The van der Waals surface area contributed by atoms with Gasteiger partial charge in [0.05, 0.1) is 12.8 Å². The minimum atomic E-state index is -0.352. The maximum absolute atomic E-state index is 12.0. The van der Waals surface area contributed by atoms with E-state index in [0.717, 1.165) is 16.7 Å². The summed E-state index contributed by atoms with van der Waals surface area (Å²) in [5, 5.41) is 6.01. The number of aryl methyl sites for hydroxylation is 2. The van der Waals surface area contributed by atoms with Crippen molar-refractivity contribution in [3.05, 3.63) is 64.3 Å². The van der Waals surface area contributed by atoms with Gasteiger partial charge in [0.2, 0.25) is 0 Å². The van der Waals surface area contributed by atoms with Gasteiger partial charge in [-0.3, -0.25) is 0 Å². The Morgan fingerprint density at radius 3 is 2.61 bits per heavy atom. The summed E-state index contributed by atoms with van der Waals surface area (Å²) < 4.78 is 5.23. The van der Waals surface area contributed by atoms with Gasteiger partial charge in [0.25, 0.3) is 0 Å². The van der Waals surface area contributed by atoms with Gasteiger partial charge in [0.1, 0.15) is 5.75 Å². The molecule has 0 fully saturated rings. The number of hydrogen-bond donors (Lipinski definition) is 2. The van der Waals surface area contributed by atoms with Gasteiger partial charge in [0.15, 0.2) is 0 Å². The summed E-state index contributed by atoms with van der Waals surface area (Å²) >= 11 is 6.05. The molecule has 0 radical (unpaired) electrons. The lowest BCUT2D eigenvalue weighted by Crippen LogP contribution is -2.24. The largest absolute Gasteiger partial charge is 0.495 e. The second-order valence-corrected chi connectivity index (χ2v) is 5.50. The normalized spacial score (nSPS) is 10.6. The number of halogens is 1. The predicted molar refractivity (Wildman–Crippen MR) is 95.1 cm³/mol. The van der Waals surface area contributed by atoms with Crippen molar-refractivity contribution in [2.45, 2.75) is 13.8 Å². The zero-order chi connectivity index (χ0) is 16.8. The smallest absolute Gasteiger partial charge is 0.323 e. The van der Waals surface area contributed by atoms with E-state index in [1.165, 1.54) is 7.11 Å². The minimum Gasteiger partial charge on any atom is -0.495 e. The van der Waals surface area contributed by atoms with Crippen LogP contribution in [0.5, 0.6) is 5.75 Å². The maximum Gasteiger partial charge on any atom is 0.323 e. The molecule has 4 nitrogen and oxygen atoms in total. The highest BCUT2D eigenvalue weighted by atomic mass is 35.5.